The summed E-state index contributed by atoms with van der Waals surface area (Å²) in [6.07, 6.45) is 2.72. The van der Waals surface area contributed by atoms with E-state index in [9.17, 15) is 9.90 Å². The molecule has 0 saturated heterocycles. The number of phenolic OH excluding ortho intramolecular Hbond substituents is 1. The first kappa shape index (κ1) is 15.0. The molecule has 104 valence electrons. The van der Waals surface area contributed by atoms with Crippen molar-refractivity contribution in [2.75, 3.05) is 5.43 Å². The van der Waals surface area contributed by atoms with Crippen LogP contribution in [0.3, 0.4) is 0 Å². The predicted octanol–water partition coefficient (Wildman–Crippen LogP) is 3.10. The fraction of sp³-hybridized carbons (Fsp3) is 0. The first-order valence-corrected chi connectivity index (χ1v) is 7.15. The Morgan fingerprint density at radius 3 is 2.95 bits per heavy atom. The van der Waals surface area contributed by atoms with Crippen LogP contribution in [0.1, 0.15) is 5.56 Å². The zero-order valence-electron chi connectivity index (χ0n) is 9.69. The van der Waals surface area contributed by atoms with Crippen molar-refractivity contribution >= 4 is 55.4 Å². The number of nitrogens with zero attached hydrogens (tertiary/aromatic N) is 2. The lowest BCUT2D eigenvalue weighted by atomic mass is 10.2. The Morgan fingerprint density at radius 2 is 2.20 bits per heavy atom. The number of hydrogen-bond acceptors (Lipinski definition) is 5. The van der Waals surface area contributed by atoms with E-state index >= 15 is 0 Å². The van der Waals surface area contributed by atoms with Gasteiger partial charge in [-0.05, 0) is 28.1 Å². The van der Waals surface area contributed by atoms with Crippen LogP contribution in [-0.4, -0.2) is 21.5 Å². The Bertz CT molecular complexity index is 733. The van der Waals surface area contributed by atoms with Crippen LogP contribution in [0.2, 0.25) is 5.02 Å². The lowest BCUT2D eigenvalue weighted by Crippen LogP contribution is -2.10. The van der Waals surface area contributed by atoms with Crippen LogP contribution in [0.15, 0.2) is 37.2 Å². The van der Waals surface area contributed by atoms with Gasteiger partial charge in [0.25, 0.3) is 5.56 Å². The third-order valence-corrected chi connectivity index (χ3v) is 3.68. The second-order valence-corrected chi connectivity index (χ2v) is 5.77. The Labute approximate surface area is 135 Å². The molecule has 0 radical (unpaired) electrons. The summed E-state index contributed by atoms with van der Waals surface area (Å²) < 4.78 is 1.31. The van der Waals surface area contributed by atoms with Crippen molar-refractivity contribution in [2.45, 2.75) is 0 Å². The molecule has 1 aromatic heterocycles. The SMILES string of the molecule is O=c1[nH]ncc(N/N=C/c2cc(Br)cc(Br)c2O)c1Cl. The number of aromatic nitrogens is 2. The zero-order valence-corrected chi connectivity index (χ0v) is 13.6. The molecule has 20 heavy (non-hydrogen) atoms. The molecule has 1 aromatic carbocycles. The van der Waals surface area contributed by atoms with Crippen LogP contribution in [0, 0.1) is 0 Å². The number of anilines is 1. The Morgan fingerprint density at radius 1 is 1.45 bits per heavy atom. The number of hydrogen-bond donors (Lipinski definition) is 3. The minimum atomic E-state index is -0.514. The third kappa shape index (κ3) is 3.38. The number of rotatable bonds is 3. The molecule has 0 amide bonds. The number of benzene rings is 1. The molecule has 2 rings (SSSR count). The number of nitrogens with one attached hydrogen (secondary N) is 2. The minimum Gasteiger partial charge on any atom is -0.506 e. The van der Waals surface area contributed by atoms with Gasteiger partial charge in [0.05, 0.1) is 16.9 Å². The summed E-state index contributed by atoms with van der Waals surface area (Å²) in [7, 11) is 0. The van der Waals surface area contributed by atoms with Gasteiger partial charge in [-0.3, -0.25) is 10.2 Å². The summed E-state index contributed by atoms with van der Waals surface area (Å²) in [6, 6.07) is 3.39. The van der Waals surface area contributed by atoms with Gasteiger partial charge in [-0.25, -0.2) is 5.10 Å². The second-order valence-electron chi connectivity index (χ2n) is 3.62. The maximum Gasteiger partial charge on any atom is 0.285 e. The smallest absolute Gasteiger partial charge is 0.285 e. The average molecular weight is 422 g/mol. The topological polar surface area (TPSA) is 90.4 Å². The Hall–Kier alpha value is -1.38. The first-order chi connectivity index (χ1) is 9.49. The molecule has 0 saturated carbocycles. The van der Waals surface area contributed by atoms with Crippen LogP contribution in [-0.2, 0) is 0 Å². The molecule has 0 unspecified atom stereocenters. The molecule has 9 heteroatoms. The highest BCUT2D eigenvalue weighted by molar-refractivity contribution is 9.11. The van der Waals surface area contributed by atoms with Crippen molar-refractivity contribution in [3.8, 4) is 5.75 Å². The lowest BCUT2D eigenvalue weighted by Gasteiger charge is -2.04. The maximum atomic E-state index is 11.2. The second kappa shape index (κ2) is 6.38. The van der Waals surface area contributed by atoms with Gasteiger partial charge in [0, 0.05) is 10.0 Å². The molecule has 1 heterocycles. The summed E-state index contributed by atoms with van der Waals surface area (Å²) in [5.74, 6) is 0.0499. The third-order valence-electron chi connectivity index (χ3n) is 2.24. The highest BCUT2D eigenvalue weighted by atomic mass is 79.9. The number of H-pyrrole nitrogens is 1. The van der Waals surface area contributed by atoms with E-state index < -0.39 is 5.56 Å². The van der Waals surface area contributed by atoms with Gasteiger partial charge in [-0.1, -0.05) is 27.5 Å². The van der Waals surface area contributed by atoms with Crippen LogP contribution < -0.4 is 11.0 Å². The summed E-state index contributed by atoms with van der Waals surface area (Å²) >= 11 is 12.3. The van der Waals surface area contributed by atoms with Gasteiger partial charge >= 0.3 is 0 Å². The molecular weight excluding hydrogens is 415 g/mol. The highest BCUT2D eigenvalue weighted by Crippen LogP contribution is 2.30. The lowest BCUT2D eigenvalue weighted by molar-refractivity contribution is 0.471. The van der Waals surface area contributed by atoms with Crippen molar-refractivity contribution in [1.29, 1.82) is 0 Å². The summed E-state index contributed by atoms with van der Waals surface area (Å²) in [5.41, 5.74) is 2.81. The molecular formula is C11H7Br2ClN4O2. The number of aromatic hydroxyl groups is 1. The van der Waals surface area contributed by atoms with Crippen LogP contribution in [0.5, 0.6) is 5.75 Å². The van der Waals surface area contributed by atoms with Crippen LogP contribution >= 0.6 is 43.5 Å². The molecule has 3 N–H and O–H groups in total. The molecule has 0 aliphatic rings. The highest BCUT2D eigenvalue weighted by Gasteiger charge is 2.06. The maximum absolute atomic E-state index is 11.2. The van der Waals surface area contributed by atoms with Crippen LogP contribution in [0.4, 0.5) is 5.69 Å². The summed E-state index contributed by atoms with van der Waals surface area (Å²) in [6.45, 7) is 0. The molecule has 0 spiro atoms. The van der Waals surface area contributed by atoms with E-state index in [1.165, 1.54) is 12.4 Å². The molecule has 0 atom stereocenters. The van der Waals surface area contributed by atoms with Crippen molar-refractivity contribution in [3.05, 3.63) is 48.2 Å². The first-order valence-electron chi connectivity index (χ1n) is 5.19. The molecule has 2 aromatic rings. The number of aromatic amines is 1. The standard InChI is InChI=1S/C11H7Br2ClN4O2/c12-6-1-5(10(19)7(13)2-6)3-15-17-8-4-16-18-11(20)9(8)14/h1-4,19H,(H2,17,18,20)/b15-3+. The largest absolute Gasteiger partial charge is 0.506 e. The van der Waals surface area contributed by atoms with E-state index in [1.807, 2.05) is 0 Å². The number of halogens is 3. The van der Waals surface area contributed by atoms with Gasteiger partial charge < -0.3 is 5.11 Å². The van der Waals surface area contributed by atoms with Gasteiger partial charge in [-0.2, -0.15) is 10.2 Å². The van der Waals surface area contributed by atoms with Gasteiger partial charge in [0.1, 0.15) is 16.5 Å². The van der Waals surface area contributed by atoms with E-state index in [4.69, 9.17) is 11.6 Å². The van der Waals surface area contributed by atoms with E-state index in [2.05, 4.69) is 52.6 Å². The fourth-order valence-corrected chi connectivity index (χ4v) is 2.71. The zero-order chi connectivity index (χ0) is 14.7. The van der Waals surface area contributed by atoms with E-state index in [0.29, 0.717) is 10.0 Å². The van der Waals surface area contributed by atoms with E-state index in [1.54, 1.807) is 12.1 Å². The Kier molecular flexibility index (Phi) is 4.79. The normalized spacial score (nSPS) is 10.9. The number of phenols is 1. The quantitative estimate of drug-likeness (QED) is 0.524. The van der Waals surface area contributed by atoms with Crippen molar-refractivity contribution in [3.63, 3.8) is 0 Å². The average Bonchev–Trinajstić information content (AvgIpc) is 2.40. The van der Waals surface area contributed by atoms with Gasteiger partial charge in [0.15, 0.2) is 0 Å². The van der Waals surface area contributed by atoms with Gasteiger partial charge in [0.2, 0.25) is 0 Å². The monoisotopic (exact) mass is 420 g/mol. The predicted molar refractivity (Wildman–Crippen MR) is 84.6 cm³/mol. The molecule has 6 nitrogen and oxygen atoms in total. The van der Waals surface area contributed by atoms with Crippen molar-refractivity contribution in [1.82, 2.24) is 10.2 Å². The minimum absolute atomic E-state index is 0.0446. The van der Waals surface area contributed by atoms with E-state index in [-0.39, 0.29) is 16.5 Å². The Balaban J connectivity index is 2.23. The molecule has 0 bridgehead atoms. The number of hydrazone groups is 1. The molecule has 0 aliphatic heterocycles. The summed E-state index contributed by atoms with van der Waals surface area (Å²) in [5, 5.41) is 19.5. The molecule has 0 fully saturated rings. The van der Waals surface area contributed by atoms with Crippen LogP contribution in [0.25, 0.3) is 0 Å². The van der Waals surface area contributed by atoms with Gasteiger partial charge in [-0.15, -0.1) is 0 Å². The van der Waals surface area contributed by atoms with E-state index in [0.717, 1.165) is 4.47 Å². The molecule has 0 aliphatic carbocycles. The fourth-order valence-electron chi connectivity index (χ4n) is 1.32. The van der Waals surface area contributed by atoms with Crippen molar-refractivity contribution in [2.24, 2.45) is 5.10 Å². The van der Waals surface area contributed by atoms with Crippen molar-refractivity contribution < 1.29 is 5.11 Å². The summed E-state index contributed by atoms with van der Waals surface area (Å²) in [4.78, 5) is 11.2.